The quantitative estimate of drug-likeness (QED) is 0.440. The van der Waals surface area contributed by atoms with Gasteiger partial charge >= 0.3 is 0 Å². The molecule has 2 aromatic heterocycles. The van der Waals surface area contributed by atoms with Crippen LogP contribution < -0.4 is 0 Å². The highest BCUT2D eigenvalue weighted by Crippen LogP contribution is 2.19. The van der Waals surface area contributed by atoms with E-state index in [1.165, 1.54) is 0 Å². The first-order valence-electron chi connectivity index (χ1n) is 9.64. The summed E-state index contributed by atoms with van der Waals surface area (Å²) < 4.78 is 2.47. The van der Waals surface area contributed by atoms with Crippen molar-refractivity contribution in [3.63, 3.8) is 0 Å². The van der Waals surface area contributed by atoms with Gasteiger partial charge in [0.2, 0.25) is 0 Å². The minimum atomic E-state index is -0.115. The highest BCUT2D eigenvalue weighted by atomic mass is 79.9. The van der Waals surface area contributed by atoms with Gasteiger partial charge in [0.15, 0.2) is 11.6 Å². The lowest BCUT2D eigenvalue weighted by molar-refractivity contribution is 0.0962. The molecule has 152 valence electrons. The van der Waals surface area contributed by atoms with Crippen LogP contribution in [0.1, 0.15) is 58.8 Å². The van der Waals surface area contributed by atoms with E-state index in [2.05, 4.69) is 32.1 Å². The summed E-state index contributed by atoms with van der Waals surface area (Å²) >= 11 is 3.39. The van der Waals surface area contributed by atoms with Crippen LogP contribution in [0.5, 0.6) is 0 Å². The predicted octanol–water partition coefficient (Wildman–Crippen LogP) is 4.95. The number of hydrogen-bond donors (Lipinski definition) is 0. The van der Waals surface area contributed by atoms with Gasteiger partial charge in [0, 0.05) is 23.5 Å². The summed E-state index contributed by atoms with van der Waals surface area (Å²) in [6.45, 7) is 3.95. The fraction of sp³-hybridized carbons (Fsp3) is 0.261. The van der Waals surface area contributed by atoms with Crippen molar-refractivity contribution < 1.29 is 9.59 Å². The van der Waals surface area contributed by atoms with Crippen molar-refractivity contribution in [1.82, 2.24) is 14.8 Å². The van der Waals surface area contributed by atoms with Crippen LogP contribution in [0.2, 0.25) is 0 Å². The number of aryl methyl sites for hydroxylation is 1. The van der Waals surface area contributed by atoms with E-state index in [-0.39, 0.29) is 23.9 Å². The normalized spacial score (nSPS) is 10.8. The largest absolute Gasteiger partial charge is 0.292 e. The summed E-state index contributed by atoms with van der Waals surface area (Å²) in [6, 6.07) is 12.5. The van der Waals surface area contributed by atoms with Crippen molar-refractivity contribution in [2.24, 2.45) is 5.92 Å². The molecule has 30 heavy (non-hydrogen) atoms. The highest BCUT2D eigenvalue weighted by molar-refractivity contribution is 9.10. The molecule has 0 bridgehead atoms. The van der Waals surface area contributed by atoms with Crippen molar-refractivity contribution in [1.29, 1.82) is 5.26 Å². The Balaban J connectivity index is 1.67. The molecule has 0 saturated heterocycles. The van der Waals surface area contributed by atoms with E-state index in [1.54, 1.807) is 41.2 Å². The van der Waals surface area contributed by atoms with E-state index in [0.717, 1.165) is 15.7 Å². The molecule has 0 atom stereocenters. The molecular formula is C23H21BrN4O2. The Labute approximate surface area is 183 Å². The van der Waals surface area contributed by atoms with E-state index < -0.39 is 0 Å². The minimum Gasteiger partial charge on any atom is -0.292 e. The summed E-state index contributed by atoms with van der Waals surface area (Å²) in [5, 5.41) is 13.5. The molecule has 3 aromatic rings. The SMILES string of the molecule is CC(C)CC(=O)c1cccc(C(=O)CCc2cnn(-c3cc(Br)cc(C#N)c3)c2)n1. The van der Waals surface area contributed by atoms with Crippen LogP contribution in [0.15, 0.2) is 53.3 Å². The zero-order chi connectivity index (χ0) is 21.7. The molecule has 0 fully saturated rings. The number of ketones is 2. The zero-order valence-electron chi connectivity index (χ0n) is 16.8. The molecule has 0 spiro atoms. The molecule has 2 heterocycles. The van der Waals surface area contributed by atoms with Crippen LogP contribution in [-0.4, -0.2) is 26.3 Å². The number of hydrogen-bond acceptors (Lipinski definition) is 5. The number of carbonyl (C=O) groups is 2. The Morgan fingerprint density at radius 3 is 2.60 bits per heavy atom. The van der Waals surface area contributed by atoms with Crippen molar-refractivity contribution >= 4 is 27.5 Å². The molecule has 3 rings (SSSR count). The smallest absolute Gasteiger partial charge is 0.181 e. The first-order chi connectivity index (χ1) is 14.4. The Hall–Kier alpha value is -3.11. The van der Waals surface area contributed by atoms with Crippen molar-refractivity contribution in [2.75, 3.05) is 0 Å². The van der Waals surface area contributed by atoms with E-state index in [0.29, 0.717) is 29.8 Å². The summed E-state index contributed by atoms with van der Waals surface area (Å²) in [5.41, 5.74) is 2.84. The lowest BCUT2D eigenvalue weighted by Crippen LogP contribution is -2.10. The minimum absolute atomic E-state index is 0.0494. The third kappa shape index (κ3) is 5.49. The third-order valence-electron chi connectivity index (χ3n) is 4.47. The fourth-order valence-corrected chi connectivity index (χ4v) is 3.49. The van der Waals surface area contributed by atoms with Gasteiger partial charge in [0.1, 0.15) is 11.4 Å². The molecule has 6 nitrogen and oxygen atoms in total. The molecule has 0 amide bonds. The van der Waals surface area contributed by atoms with Gasteiger partial charge < -0.3 is 0 Å². The summed E-state index contributed by atoms with van der Waals surface area (Å²) in [7, 11) is 0. The molecule has 0 aliphatic heterocycles. The number of halogens is 1. The Kier molecular flexibility index (Phi) is 6.91. The maximum absolute atomic E-state index is 12.6. The number of benzene rings is 1. The fourth-order valence-electron chi connectivity index (χ4n) is 3.01. The molecule has 1 aromatic carbocycles. The molecule has 0 unspecified atom stereocenters. The highest BCUT2D eigenvalue weighted by Gasteiger charge is 2.14. The number of pyridine rings is 1. The number of carbonyl (C=O) groups excluding carboxylic acids is 2. The first-order valence-corrected chi connectivity index (χ1v) is 10.4. The maximum atomic E-state index is 12.6. The number of nitriles is 1. The second-order valence-corrected chi connectivity index (χ2v) is 8.37. The summed E-state index contributed by atoms with van der Waals surface area (Å²) in [4.78, 5) is 29.0. The third-order valence-corrected chi connectivity index (χ3v) is 4.92. The predicted molar refractivity (Wildman–Crippen MR) is 117 cm³/mol. The van der Waals surface area contributed by atoms with Gasteiger partial charge in [-0.15, -0.1) is 0 Å². The summed E-state index contributed by atoms with van der Waals surface area (Å²) in [6.07, 6.45) is 4.72. The number of nitrogens with zero attached hydrogens (tertiary/aromatic N) is 4. The molecule has 0 aliphatic carbocycles. The first kappa shape index (κ1) is 21.6. The lowest BCUT2D eigenvalue weighted by Gasteiger charge is -2.05. The van der Waals surface area contributed by atoms with Crippen LogP contribution >= 0.6 is 15.9 Å². The Bertz CT molecular complexity index is 1130. The zero-order valence-corrected chi connectivity index (χ0v) is 18.4. The summed E-state index contributed by atoms with van der Waals surface area (Å²) in [5.74, 6) is 0.0764. The van der Waals surface area contributed by atoms with Gasteiger partial charge in [-0.2, -0.15) is 10.4 Å². The lowest BCUT2D eigenvalue weighted by atomic mass is 10.0. The average molecular weight is 465 g/mol. The molecule has 0 aliphatic rings. The van der Waals surface area contributed by atoms with Crippen molar-refractivity contribution in [2.45, 2.75) is 33.1 Å². The van der Waals surface area contributed by atoms with Gasteiger partial charge in [-0.25, -0.2) is 9.67 Å². The van der Waals surface area contributed by atoms with Gasteiger partial charge in [0.25, 0.3) is 0 Å². The molecule has 7 heteroatoms. The van der Waals surface area contributed by atoms with Crippen LogP contribution in [0.3, 0.4) is 0 Å². The van der Waals surface area contributed by atoms with Gasteiger partial charge in [0.05, 0.1) is 23.5 Å². The molecule has 0 saturated carbocycles. The molecule has 0 N–H and O–H groups in total. The maximum Gasteiger partial charge on any atom is 0.181 e. The second kappa shape index (κ2) is 9.59. The van der Waals surface area contributed by atoms with Crippen LogP contribution in [0.4, 0.5) is 0 Å². The second-order valence-electron chi connectivity index (χ2n) is 7.46. The Morgan fingerprint density at radius 2 is 1.90 bits per heavy atom. The number of rotatable bonds is 8. The van der Waals surface area contributed by atoms with E-state index in [9.17, 15) is 9.59 Å². The van der Waals surface area contributed by atoms with Gasteiger partial charge in [-0.3, -0.25) is 9.59 Å². The van der Waals surface area contributed by atoms with E-state index in [4.69, 9.17) is 5.26 Å². The van der Waals surface area contributed by atoms with Crippen LogP contribution in [0.25, 0.3) is 5.69 Å². The van der Waals surface area contributed by atoms with Crippen LogP contribution in [-0.2, 0) is 6.42 Å². The number of Topliss-reactive ketones (excluding diaryl/α,β-unsaturated/α-hetero) is 2. The number of aromatic nitrogens is 3. The standard InChI is InChI=1S/C23H21BrN4O2/c1-15(2)8-23(30)21-5-3-4-20(27-21)22(29)7-6-16-13-26-28(14-16)19-10-17(12-25)9-18(24)11-19/h3-5,9-11,13-15H,6-8H2,1-2H3. The average Bonchev–Trinajstić information content (AvgIpc) is 3.20. The van der Waals surface area contributed by atoms with Gasteiger partial charge in [-0.05, 0) is 48.2 Å². The van der Waals surface area contributed by atoms with E-state index in [1.807, 2.05) is 26.1 Å². The van der Waals surface area contributed by atoms with E-state index >= 15 is 0 Å². The molecule has 0 radical (unpaired) electrons. The van der Waals surface area contributed by atoms with Crippen LogP contribution in [0, 0.1) is 17.2 Å². The van der Waals surface area contributed by atoms with Crippen molar-refractivity contribution in [3.8, 4) is 11.8 Å². The van der Waals surface area contributed by atoms with Crippen molar-refractivity contribution in [3.05, 3.63) is 75.8 Å². The Morgan fingerprint density at radius 1 is 1.17 bits per heavy atom. The topological polar surface area (TPSA) is 88.6 Å². The monoisotopic (exact) mass is 464 g/mol. The molecular weight excluding hydrogens is 444 g/mol. The van der Waals surface area contributed by atoms with Gasteiger partial charge in [-0.1, -0.05) is 35.8 Å².